The van der Waals surface area contributed by atoms with Gasteiger partial charge in [-0.15, -0.1) is 0 Å². The molecule has 2 N–H and O–H groups in total. The van der Waals surface area contributed by atoms with E-state index in [-0.39, 0.29) is 23.2 Å². The molecule has 0 unspecified atom stereocenters. The number of rotatable bonds is 7. The fourth-order valence-corrected chi connectivity index (χ4v) is 4.64. The van der Waals surface area contributed by atoms with Gasteiger partial charge in [0.05, 0.1) is 4.90 Å². The van der Waals surface area contributed by atoms with E-state index in [2.05, 4.69) is 25.5 Å². The lowest BCUT2D eigenvalue weighted by Crippen LogP contribution is -2.23. The molecule has 5 rings (SSSR count). The van der Waals surface area contributed by atoms with Crippen LogP contribution in [-0.4, -0.2) is 46.5 Å². The fraction of sp³-hybridized carbons (Fsp3) is 0.250. The van der Waals surface area contributed by atoms with Gasteiger partial charge in [-0.05, 0) is 43.9 Å². The molecule has 3 heterocycles. The number of aromatic nitrogens is 5. The SMILES string of the molecule is Cc1cc(Nc2nc(N(C)c3c(F)cc(S(C)(=O)=O)cc3F)nc(-n3ccccc3=O)c2C2CC2)n[nH]1. The molecule has 0 aliphatic heterocycles. The zero-order valence-corrected chi connectivity index (χ0v) is 21.0. The number of pyridine rings is 1. The second kappa shape index (κ2) is 9.07. The minimum absolute atomic E-state index is 0.0755. The predicted molar refractivity (Wildman–Crippen MR) is 134 cm³/mol. The van der Waals surface area contributed by atoms with Crippen molar-refractivity contribution < 1.29 is 17.2 Å². The quantitative estimate of drug-likeness (QED) is 0.372. The number of hydrogen-bond acceptors (Lipinski definition) is 8. The van der Waals surface area contributed by atoms with Crippen LogP contribution in [0.25, 0.3) is 5.82 Å². The Morgan fingerprint density at radius 2 is 1.84 bits per heavy atom. The topological polar surface area (TPSA) is 126 Å². The van der Waals surface area contributed by atoms with Gasteiger partial charge < -0.3 is 10.2 Å². The van der Waals surface area contributed by atoms with E-state index < -0.39 is 32.1 Å². The number of halogens is 2. The van der Waals surface area contributed by atoms with Crippen LogP contribution in [-0.2, 0) is 9.84 Å². The highest BCUT2D eigenvalue weighted by Gasteiger charge is 2.33. The maximum Gasteiger partial charge on any atom is 0.256 e. The van der Waals surface area contributed by atoms with E-state index in [0.717, 1.165) is 41.8 Å². The lowest BCUT2D eigenvalue weighted by molar-refractivity contribution is 0.568. The zero-order chi connectivity index (χ0) is 26.5. The van der Waals surface area contributed by atoms with Crippen LogP contribution < -0.4 is 15.8 Å². The Bertz CT molecular complexity index is 1660. The van der Waals surface area contributed by atoms with Crippen molar-refractivity contribution in [1.82, 2.24) is 24.7 Å². The molecule has 3 aromatic heterocycles. The number of aromatic amines is 1. The molecular weight excluding hydrogens is 504 g/mol. The van der Waals surface area contributed by atoms with Crippen LogP contribution in [0.15, 0.2) is 52.3 Å². The molecule has 10 nitrogen and oxygen atoms in total. The Balaban J connectivity index is 1.71. The summed E-state index contributed by atoms with van der Waals surface area (Å²) in [6, 6.07) is 7.92. The molecule has 1 aliphatic rings. The molecule has 0 amide bonds. The van der Waals surface area contributed by atoms with E-state index in [0.29, 0.717) is 17.2 Å². The summed E-state index contributed by atoms with van der Waals surface area (Å²) in [6.45, 7) is 1.83. The number of benzene rings is 1. The predicted octanol–water partition coefficient (Wildman–Crippen LogP) is 3.73. The van der Waals surface area contributed by atoms with Gasteiger partial charge in [-0.3, -0.25) is 14.5 Å². The summed E-state index contributed by atoms with van der Waals surface area (Å²) >= 11 is 0. The van der Waals surface area contributed by atoms with Crippen LogP contribution in [0.3, 0.4) is 0 Å². The molecule has 0 radical (unpaired) electrons. The van der Waals surface area contributed by atoms with Crippen LogP contribution >= 0.6 is 0 Å². The molecular formula is C24H23F2N7O3S. The number of hydrogen-bond donors (Lipinski definition) is 2. The average molecular weight is 528 g/mol. The molecule has 37 heavy (non-hydrogen) atoms. The number of nitrogens with one attached hydrogen (secondary N) is 2. The summed E-state index contributed by atoms with van der Waals surface area (Å²) < 4.78 is 55.1. The standard InChI is InChI=1S/C24H23F2N7O3S/c1-13-10-18(31-30-13)27-22-20(14-7-8-14)23(33-9-5-4-6-19(33)34)29-24(28-22)32(2)21-16(25)11-15(12-17(21)26)37(3,35)36/h4-6,9-12,14H,7-8H2,1-3H3,(H2,27,28,29,30,31). The van der Waals surface area contributed by atoms with Crippen LogP contribution in [0.1, 0.15) is 30.0 Å². The Kier molecular flexibility index (Phi) is 6.02. The summed E-state index contributed by atoms with van der Waals surface area (Å²) in [6.07, 6.45) is 4.14. The largest absolute Gasteiger partial charge is 0.323 e. The summed E-state index contributed by atoms with van der Waals surface area (Å²) in [7, 11) is -2.48. The van der Waals surface area contributed by atoms with Gasteiger partial charge in [0.25, 0.3) is 5.56 Å². The fourth-order valence-electron chi connectivity index (χ4n) is 4.01. The zero-order valence-electron chi connectivity index (χ0n) is 20.2. The number of nitrogens with zero attached hydrogens (tertiary/aromatic N) is 5. The normalized spacial score (nSPS) is 13.5. The van der Waals surface area contributed by atoms with Gasteiger partial charge in [-0.2, -0.15) is 15.1 Å². The van der Waals surface area contributed by atoms with Crippen LogP contribution in [0.5, 0.6) is 0 Å². The van der Waals surface area contributed by atoms with Crippen LogP contribution in [0.2, 0.25) is 0 Å². The summed E-state index contributed by atoms with van der Waals surface area (Å²) in [5, 5.41) is 10.2. The van der Waals surface area contributed by atoms with Crippen LogP contribution in [0.4, 0.5) is 32.1 Å². The van der Waals surface area contributed by atoms with Gasteiger partial charge >= 0.3 is 0 Å². The van der Waals surface area contributed by atoms with Crippen molar-refractivity contribution in [3.05, 3.63) is 75.8 Å². The molecule has 0 spiro atoms. The van der Waals surface area contributed by atoms with Gasteiger partial charge in [0.2, 0.25) is 5.95 Å². The smallest absolute Gasteiger partial charge is 0.256 e. The Hall–Kier alpha value is -4.13. The number of sulfone groups is 1. The third-order valence-electron chi connectivity index (χ3n) is 5.96. The second-order valence-electron chi connectivity index (χ2n) is 8.92. The van der Waals surface area contributed by atoms with E-state index in [1.54, 1.807) is 24.4 Å². The van der Waals surface area contributed by atoms with Crippen molar-refractivity contribution in [2.45, 2.75) is 30.6 Å². The van der Waals surface area contributed by atoms with Crippen molar-refractivity contribution >= 4 is 33.1 Å². The molecule has 4 aromatic rings. The van der Waals surface area contributed by atoms with Crippen molar-refractivity contribution in [3.63, 3.8) is 0 Å². The maximum absolute atomic E-state index is 15.0. The summed E-state index contributed by atoms with van der Waals surface area (Å²) in [4.78, 5) is 22.5. The summed E-state index contributed by atoms with van der Waals surface area (Å²) in [5.74, 6) is -1.17. The van der Waals surface area contributed by atoms with Crippen LogP contribution in [0, 0.1) is 18.6 Å². The number of anilines is 4. The van der Waals surface area contributed by atoms with E-state index in [4.69, 9.17) is 0 Å². The van der Waals surface area contributed by atoms with Crippen molar-refractivity contribution in [1.29, 1.82) is 0 Å². The molecule has 0 atom stereocenters. The first-order valence-electron chi connectivity index (χ1n) is 11.3. The highest BCUT2D eigenvalue weighted by atomic mass is 32.2. The molecule has 0 bridgehead atoms. The molecule has 13 heteroatoms. The minimum atomic E-state index is -3.84. The Morgan fingerprint density at radius 1 is 1.14 bits per heavy atom. The van der Waals surface area contributed by atoms with Crippen molar-refractivity contribution in [3.8, 4) is 5.82 Å². The van der Waals surface area contributed by atoms with E-state index >= 15 is 8.78 Å². The molecule has 1 aliphatic carbocycles. The molecule has 1 aromatic carbocycles. The summed E-state index contributed by atoms with van der Waals surface area (Å²) in [5.41, 5.74) is 0.601. The van der Waals surface area contributed by atoms with E-state index in [1.165, 1.54) is 17.7 Å². The van der Waals surface area contributed by atoms with Gasteiger partial charge in [0.1, 0.15) is 11.5 Å². The first kappa shape index (κ1) is 24.6. The third-order valence-corrected chi connectivity index (χ3v) is 7.05. The highest BCUT2D eigenvalue weighted by Crippen LogP contribution is 2.46. The second-order valence-corrected chi connectivity index (χ2v) is 10.9. The van der Waals surface area contributed by atoms with Gasteiger partial charge in [0.15, 0.2) is 33.1 Å². The van der Waals surface area contributed by atoms with Gasteiger partial charge in [-0.25, -0.2) is 17.2 Å². The molecule has 1 saturated carbocycles. The van der Waals surface area contributed by atoms with Gasteiger partial charge in [-0.1, -0.05) is 6.07 Å². The number of H-pyrrole nitrogens is 1. The van der Waals surface area contributed by atoms with Crippen molar-refractivity contribution in [2.24, 2.45) is 0 Å². The number of aryl methyl sites for hydroxylation is 1. The molecule has 0 saturated heterocycles. The monoisotopic (exact) mass is 527 g/mol. The first-order valence-corrected chi connectivity index (χ1v) is 13.2. The van der Waals surface area contributed by atoms with E-state index in [1.807, 2.05) is 6.92 Å². The lowest BCUT2D eigenvalue weighted by atomic mass is 10.1. The van der Waals surface area contributed by atoms with Crippen molar-refractivity contribution in [2.75, 3.05) is 23.5 Å². The third kappa shape index (κ3) is 4.81. The first-order chi connectivity index (χ1) is 17.5. The molecule has 192 valence electrons. The Labute approximate surface area is 210 Å². The average Bonchev–Trinajstić information content (AvgIpc) is 3.58. The maximum atomic E-state index is 15.0. The van der Waals surface area contributed by atoms with Gasteiger partial charge in [0, 0.05) is 42.9 Å². The lowest BCUT2D eigenvalue weighted by Gasteiger charge is -2.23. The Morgan fingerprint density at radius 3 is 2.41 bits per heavy atom. The minimum Gasteiger partial charge on any atom is -0.323 e. The molecule has 1 fully saturated rings. The van der Waals surface area contributed by atoms with E-state index in [9.17, 15) is 13.2 Å². The highest BCUT2D eigenvalue weighted by molar-refractivity contribution is 7.90.